The minimum atomic E-state index is -4.23. The van der Waals surface area contributed by atoms with E-state index in [9.17, 15) is 42.3 Å². The Morgan fingerprint density at radius 1 is 0.773 bits per heavy atom. The highest BCUT2D eigenvalue weighted by Gasteiger charge is 2.37. The maximum atomic E-state index is 14.3. The molecule has 21 nitrogen and oxygen atoms in total. The van der Waals surface area contributed by atoms with Crippen molar-refractivity contribution < 1.29 is 51.8 Å². The number of amides is 6. The van der Waals surface area contributed by atoms with Crippen molar-refractivity contribution in [2.75, 3.05) is 19.6 Å². The first-order valence-electron chi connectivity index (χ1n) is 24.7. The molecule has 0 spiro atoms. The molecule has 4 atom stereocenters. The smallest absolute Gasteiger partial charge is 0.326 e. The lowest BCUT2D eigenvalue weighted by atomic mass is 9.94. The Kier molecular flexibility index (Phi) is 19.6. The molecule has 0 aliphatic carbocycles. The molecule has 0 unspecified atom stereocenters. The van der Waals surface area contributed by atoms with E-state index in [-0.39, 0.29) is 56.5 Å². The number of rotatable bonds is 24. The molecular formula is C53H72N10O11S. The number of carbonyl (C=O) groups excluding carboxylic acids is 5. The van der Waals surface area contributed by atoms with Crippen LogP contribution in [0.3, 0.4) is 0 Å². The van der Waals surface area contributed by atoms with E-state index in [0.29, 0.717) is 45.7 Å². The molecular weight excluding hydrogens is 985 g/mol. The van der Waals surface area contributed by atoms with Gasteiger partial charge in [0.05, 0.1) is 17.5 Å². The predicted molar refractivity (Wildman–Crippen MR) is 285 cm³/mol. The third-order valence-electron chi connectivity index (χ3n) is 12.4. The van der Waals surface area contributed by atoms with Crippen LogP contribution in [0.5, 0.6) is 11.5 Å². The number of aliphatic imine (C=N–C) groups is 1. The van der Waals surface area contributed by atoms with E-state index in [1.54, 1.807) is 51.1 Å². The second kappa shape index (κ2) is 25.2. The lowest BCUT2D eigenvalue weighted by Gasteiger charge is -2.24. The number of ether oxygens (including phenoxy) is 2. The number of primary amides is 1. The Morgan fingerprint density at radius 2 is 1.41 bits per heavy atom. The van der Waals surface area contributed by atoms with Gasteiger partial charge in [-0.15, -0.1) is 0 Å². The van der Waals surface area contributed by atoms with Crippen LogP contribution in [0, 0.1) is 20.8 Å². The van der Waals surface area contributed by atoms with Crippen molar-refractivity contribution >= 4 is 62.4 Å². The molecule has 0 bridgehead atoms. The highest BCUT2D eigenvalue weighted by molar-refractivity contribution is 7.90. The number of sulfonamides is 1. The molecule has 22 heteroatoms. The minimum absolute atomic E-state index is 0.0659. The topological polar surface area (TPSA) is 338 Å². The summed E-state index contributed by atoms with van der Waals surface area (Å²) in [6.07, 6.45) is 0.736. The van der Waals surface area contributed by atoms with Crippen molar-refractivity contribution in [2.24, 2.45) is 22.2 Å². The van der Waals surface area contributed by atoms with Gasteiger partial charge >= 0.3 is 12.0 Å². The molecule has 1 heterocycles. The molecule has 6 amide bonds. The summed E-state index contributed by atoms with van der Waals surface area (Å²) in [4.78, 5) is 82.9. The van der Waals surface area contributed by atoms with E-state index >= 15 is 0 Å². The van der Waals surface area contributed by atoms with Gasteiger partial charge in [0.15, 0.2) is 0 Å². The second-order valence-corrected chi connectivity index (χ2v) is 22.0. The van der Waals surface area contributed by atoms with Crippen molar-refractivity contribution in [2.45, 2.75) is 141 Å². The van der Waals surface area contributed by atoms with Crippen LogP contribution in [0.1, 0.15) is 93.7 Å². The van der Waals surface area contributed by atoms with Gasteiger partial charge in [-0.05, 0) is 132 Å². The Bertz CT molecular complexity index is 2900. The number of carbonyl (C=O) groups is 6. The summed E-state index contributed by atoms with van der Waals surface area (Å²) < 4.78 is 42.0. The number of urea groups is 1. The molecule has 4 aromatic carbocycles. The second-order valence-electron chi connectivity index (χ2n) is 20.4. The van der Waals surface area contributed by atoms with E-state index in [1.165, 1.54) is 0 Å². The van der Waals surface area contributed by atoms with Gasteiger partial charge in [0.1, 0.15) is 40.8 Å². The first kappa shape index (κ1) is 58.4. The lowest BCUT2D eigenvalue weighted by molar-refractivity contribution is -0.141. The summed E-state index contributed by atoms with van der Waals surface area (Å²) in [6, 6.07) is 13.9. The van der Waals surface area contributed by atoms with Crippen LogP contribution in [0.4, 0.5) is 4.79 Å². The van der Waals surface area contributed by atoms with Crippen LogP contribution in [-0.4, -0.2) is 110 Å². The standard InChI is InChI=1S/C53H72N10O11S/c1-30-31(2)45(32(3)38-28-53(7,8)74-44(30)38)75(71,72)63-50(55)57-23-12-16-40(61-46(65)39(54)15-11-24-58-51(56)70)48(67)62-41(27-34-17-20-35-13-9-10-14-36(35)25-34)47(66)59-29-43(64)60-42(49(68)69)26-33-18-21-37(22-19-33)73-52(4,5)6/h9-10,13-14,17-22,25,39-42H,11-12,15-16,23-24,26-29,54H2,1-8H3,(H,59,66)(H,60,64)(H,61,65)(H,62,67)(H,68,69)(H3,55,57,63)(H3,56,58,70)/t39-,40-,41-,42+/m0/s1. The Hall–Kier alpha value is -7.46. The quantitative estimate of drug-likeness (QED) is 0.0275. The van der Waals surface area contributed by atoms with E-state index < -0.39 is 93.5 Å². The van der Waals surface area contributed by atoms with E-state index in [2.05, 4.69) is 36.3 Å². The summed E-state index contributed by atoms with van der Waals surface area (Å²) >= 11 is 0. The number of guanidine groups is 1. The molecule has 13 N–H and O–H groups in total. The number of hydrogen-bond donors (Lipinski definition) is 10. The van der Waals surface area contributed by atoms with Crippen LogP contribution in [0.2, 0.25) is 0 Å². The zero-order chi connectivity index (χ0) is 55.4. The van der Waals surface area contributed by atoms with Crippen LogP contribution >= 0.6 is 0 Å². The van der Waals surface area contributed by atoms with E-state index in [1.807, 2.05) is 71.0 Å². The number of nitrogens with one attached hydrogen (secondary N) is 6. The zero-order valence-corrected chi connectivity index (χ0v) is 44.7. The van der Waals surface area contributed by atoms with Crippen molar-refractivity contribution in [3.05, 3.63) is 100 Å². The fraction of sp³-hybridized carbons (Fsp3) is 0.453. The van der Waals surface area contributed by atoms with Gasteiger partial charge in [0, 0.05) is 37.9 Å². The summed E-state index contributed by atoms with van der Waals surface area (Å²) in [6.45, 7) is 14.1. The molecule has 0 saturated carbocycles. The Balaban J connectivity index is 1.32. The van der Waals surface area contributed by atoms with Gasteiger partial charge in [0.2, 0.25) is 29.6 Å². The van der Waals surface area contributed by atoms with Gasteiger partial charge in [-0.25, -0.2) is 22.7 Å². The molecule has 406 valence electrons. The van der Waals surface area contributed by atoms with Crippen molar-refractivity contribution in [3.8, 4) is 11.5 Å². The van der Waals surface area contributed by atoms with Crippen molar-refractivity contribution in [1.82, 2.24) is 31.3 Å². The number of fused-ring (bicyclic) bond motifs is 2. The molecule has 1 aliphatic heterocycles. The van der Waals surface area contributed by atoms with Gasteiger partial charge in [0.25, 0.3) is 10.0 Å². The number of aliphatic carboxylic acids is 1. The summed E-state index contributed by atoms with van der Waals surface area (Å²) in [5.41, 5.74) is 20.3. The predicted octanol–water partition coefficient (Wildman–Crippen LogP) is 2.95. The molecule has 5 rings (SSSR count). The van der Waals surface area contributed by atoms with Crippen LogP contribution in [-0.2, 0) is 53.3 Å². The summed E-state index contributed by atoms with van der Waals surface area (Å²) in [5.74, 6) is -3.58. The Morgan fingerprint density at radius 3 is 2.07 bits per heavy atom. The van der Waals surface area contributed by atoms with Gasteiger partial charge in [-0.1, -0.05) is 54.6 Å². The van der Waals surface area contributed by atoms with E-state index in [0.717, 1.165) is 16.3 Å². The largest absolute Gasteiger partial charge is 0.488 e. The number of hydrogen-bond acceptors (Lipinski definition) is 12. The van der Waals surface area contributed by atoms with E-state index in [4.69, 9.17) is 26.7 Å². The average Bonchev–Trinajstić information content (AvgIpc) is 3.67. The molecule has 0 saturated heterocycles. The first-order valence-corrected chi connectivity index (χ1v) is 26.2. The maximum Gasteiger partial charge on any atom is 0.326 e. The Labute approximate surface area is 438 Å². The lowest BCUT2D eigenvalue weighted by Crippen LogP contribution is -2.57. The van der Waals surface area contributed by atoms with Crippen molar-refractivity contribution in [1.29, 1.82) is 0 Å². The molecule has 0 radical (unpaired) electrons. The average molecular weight is 1060 g/mol. The highest BCUT2D eigenvalue weighted by Crippen LogP contribution is 2.43. The fourth-order valence-electron chi connectivity index (χ4n) is 8.68. The normalized spacial score (nSPS) is 14.8. The number of benzene rings is 4. The third kappa shape index (κ3) is 17.0. The fourth-order valence-corrected chi connectivity index (χ4v) is 10.2. The van der Waals surface area contributed by atoms with Crippen molar-refractivity contribution in [3.63, 3.8) is 0 Å². The number of nitrogens with zero attached hydrogens (tertiary/aromatic N) is 1. The van der Waals surface area contributed by atoms with Crippen LogP contribution in [0.25, 0.3) is 10.8 Å². The van der Waals surface area contributed by atoms with Gasteiger partial charge < -0.3 is 58.4 Å². The van der Waals surface area contributed by atoms with Gasteiger partial charge in [-0.2, -0.15) is 0 Å². The molecule has 75 heavy (non-hydrogen) atoms. The molecule has 0 fully saturated rings. The number of carboxylic acid groups (broad SMARTS) is 1. The molecule has 1 aliphatic rings. The number of carboxylic acids is 1. The molecule has 4 aromatic rings. The van der Waals surface area contributed by atoms with Crippen LogP contribution < -0.4 is 58.0 Å². The maximum absolute atomic E-state index is 14.3. The SMILES string of the molecule is Cc1c(C)c(S(=O)(=O)NC(N)=NCCC[C@H](NC(=O)[C@@H](N)CCCNC(N)=O)C(=O)N[C@@H](Cc2ccc3ccccc3c2)C(=O)NCC(=O)N[C@H](Cc2ccc(OC(C)(C)C)cc2)C(=O)O)c(C)c2c1OC(C)(C)C2. The third-order valence-corrected chi connectivity index (χ3v) is 14.1. The minimum Gasteiger partial charge on any atom is -0.488 e. The number of nitrogens with two attached hydrogens (primary N) is 3. The van der Waals surface area contributed by atoms with Crippen LogP contribution in [0.15, 0.2) is 76.6 Å². The zero-order valence-electron chi connectivity index (χ0n) is 43.8. The summed E-state index contributed by atoms with van der Waals surface area (Å²) in [7, 11) is -4.23. The highest BCUT2D eigenvalue weighted by atomic mass is 32.2. The summed E-state index contributed by atoms with van der Waals surface area (Å²) in [5, 5.41) is 24.6. The van der Waals surface area contributed by atoms with Gasteiger partial charge in [-0.3, -0.25) is 24.2 Å². The molecule has 0 aromatic heterocycles. The first-order chi connectivity index (χ1) is 35.1. The monoisotopic (exact) mass is 1060 g/mol.